The number of nitrogens with one attached hydrogen (secondary N) is 1. The smallest absolute Gasteiger partial charge is 0.254 e. The Morgan fingerprint density at radius 2 is 1.74 bits per heavy atom. The quantitative estimate of drug-likeness (QED) is 0.548. The van der Waals surface area contributed by atoms with Crippen LogP contribution in [0, 0.1) is 5.92 Å². The summed E-state index contributed by atoms with van der Waals surface area (Å²) in [5.74, 6) is 0.971. The fourth-order valence-corrected chi connectivity index (χ4v) is 5.08. The lowest BCUT2D eigenvalue weighted by atomic mass is 9.64. The average Bonchev–Trinajstić information content (AvgIpc) is 2.63. The van der Waals surface area contributed by atoms with E-state index in [0.717, 1.165) is 12.3 Å². The fourth-order valence-electron chi connectivity index (χ4n) is 4.74. The zero-order valence-corrected chi connectivity index (χ0v) is 17.5. The predicted octanol–water partition coefficient (Wildman–Crippen LogP) is 5.16. The number of aromatic nitrogens is 2. The maximum absolute atomic E-state index is 11.9. The molecule has 150 valence electrons. The lowest BCUT2D eigenvalue weighted by Gasteiger charge is -2.49. The Balaban J connectivity index is 1.72. The Labute approximate surface area is 167 Å². The van der Waals surface area contributed by atoms with E-state index in [1.54, 1.807) is 6.20 Å². The maximum Gasteiger partial charge on any atom is 0.254 e. The summed E-state index contributed by atoms with van der Waals surface area (Å²) in [5, 5.41) is 4.34. The summed E-state index contributed by atoms with van der Waals surface area (Å²) in [7, 11) is 0. The van der Waals surface area contributed by atoms with E-state index < -0.39 is 5.91 Å². The second-order valence-electron chi connectivity index (χ2n) is 8.38. The molecule has 3 aliphatic carbocycles. The third kappa shape index (κ3) is 5.59. The van der Waals surface area contributed by atoms with Gasteiger partial charge in [-0.05, 0) is 31.4 Å². The summed E-state index contributed by atoms with van der Waals surface area (Å²) in [6.07, 6.45) is 20.6. The van der Waals surface area contributed by atoms with E-state index in [0.29, 0.717) is 16.5 Å². The van der Waals surface area contributed by atoms with Crippen molar-refractivity contribution in [3.8, 4) is 0 Å². The lowest BCUT2D eigenvalue weighted by Crippen LogP contribution is -2.51. The van der Waals surface area contributed by atoms with Crippen molar-refractivity contribution in [3.63, 3.8) is 0 Å². The van der Waals surface area contributed by atoms with E-state index in [2.05, 4.69) is 15.3 Å². The number of carbonyl (C=O) groups excluding carboxylic acids is 1. The highest BCUT2D eigenvalue weighted by Gasteiger charge is 2.43. The minimum Gasteiger partial charge on any atom is -0.365 e. The molecule has 1 aromatic heterocycles. The fraction of sp³-hybridized carbons (Fsp3) is 0.762. The minimum absolute atomic E-state index is 0.0724. The number of primary amides is 1. The van der Waals surface area contributed by atoms with Crippen molar-refractivity contribution < 1.29 is 4.79 Å². The molecule has 3 fully saturated rings. The second kappa shape index (κ2) is 9.76. The topological polar surface area (TPSA) is 80.9 Å². The monoisotopic (exact) mass is 390 g/mol. The molecule has 0 radical (unpaired) electrons. The Hall–Kier alpha value is -1.30. The second-order valence-corrected chi connectivity index (χ2v) is 9.16. The molecule has 0 atom stereocenters. The van der Waals surface area contributed by atoms with Gasteiger partial charge >= 0.3 is 0 Å². The van der Waals surface area contributed by atoms with Crippen LogP contribution >= 0.6 is 11.8 Å². The van der Waals surface area contributed by atoms with Crippen LogP contribution in [0.5, 0.6) is 0 Å². The summed E-state index contributed by atoms with van der Waals surface area (Å²) in [4.78, 5) is 20.6. The zero-order valence-electron chi connectivity index (χ0n) is 16.6. The molecule has 3 aliphatic rings. The standard InChI is InChI=1S/C21H34N4OS/c1-27-20-23-15-17(18(22)26)19(24-20)25-21-12-10-8-6-4-2-3-5-7-9-11-16(13-21)14-21/h15-16H,2-14H2,1H3,(H2,22,26)(H,23,24,25). The van der Waals surface area contributed by atoms with Crippen molar-refractivity contribution in [2.45, 2.75) is 94.2 Å². The van der Waals surface area contributed by atoms with Gasteiger partial charge in [-0.1, -0.05) is 76.0 Å². The van der Waals surface area contributed by atoms with E-state index >= 15 is 0 Å². The molecular weight excluding hydrogens is 356 g/mol. The summed E-state index contributed by atoms with van der Waals surface area (Å²) < 4.78 is 0. The molecule has 1 amide bonds. The summed E-state index contributed by atoms with van der Waals surface area (Å²) in [6.45, 7) is 0. The van der Waals surface area contributed by atoms with Crippen molar-refractivity contribution in [2.24, 2.45) is 11.7 Å². The van der Waals surface area contributed by atoms with Gasteiger partial charge in [-0.15, -0.1) is 0 Å². The number of rotatable bonds is 4. The van der Waals surface area contributed by atoms with Crippen LogP contribution in [-0.2, 0) is 0 Å². The first kappa shape index (κ1) is 20.4. The predicted molar refractivity (Wildman–Crippen MR) is 112 cm³/mol. The Bertz CT molecular complexity index is 625. The van der Waals surface area contributed by atoms with Gasteiger partial charge in [-0.3, -0.25) is 4.79 Å². The summed E-state index contributed by atoms with van der Waals surface area (Å²) in [6, 6.07) is 0. The average molecular weight is 391 g/mol. The molecule has 3 N–H and O–H groups in total. The van der Waals surface area contributed by atoms with Gasteiger partial charge in [-0.2, -0.15) is 0 Å². The van der Waals surface area contributed by atoms with Crippen LogP contribution in [0.1, 0.15) is 93.8 Å². The Kier molecular flexibility index (Phi) is 7.39. The summed E-state index contributed by atoms with van der Waals surface area (Å²) in [5.41, 5.74) is 6.05. The van der Waals surface area contributed by atoms with Crippen LogP contribution in [0.25, 0.3) is 0 Å². The molecule has 6 heteroatoms. The molecule has 0 aromatic carbocycles. The van der Waals surface area contributed by atoms with Crippen molar-refractivity contribution in [1.82, 2.24) is 9.97 Å². The molecule has 3 saturated carbocycles. The van der Waals surface area contributed by atoms with Crippen molar-refractivity contribution in [1.29, 1.82) is 0 Å². The Morgan fingerprint density at radius 3 is 2.37 bits per heavy atom. The molecule has 1 heterocycles. The third-order valence-corrected chi connectivity index (χ3v) is 6.79. The van der Waals surface area contributed by atoms with E-state index in [4.69, 9.17) is 5.73 Å². The number of nitrogens with zero attached hydrogens (tertiary/aromatic N) is 2. The number of carbonyl (C=O) groups is 1. The highest BCUT2D eigenvalue weighted by Crippen LogP contribution is 2.46. The van der Waals surface area contributed by atoms with Gasteiger partial charge in [0.15, 0.2) is 5.16 Å². The van der Waals surface area contributed by atoms with Crippen LogP contribution in [-0.4, -0.2) is 27.7 Å². The third-order valence-electron chi connectivity index (χ3n) is 6.22. The SMILES string of the molecule is CSc1ncc(C(N)=O)c(NC23CCCCCCCCCCCC(C2)C3)n1. The summed E-state index contributed by atoms with van der Waals surface area (Å²) >= 11 is 1.49. The molecule has 0 saturated heterocycles. The van der Waals surface area contributed by atoms with E-state index in [9.17, 15) is 4.79 Å². The van der Waals surface area contributed by atoms with Crippen LogP contribution < -0.4 is 11.1 Å². The zero-order chi connectivity index (χ0) is 19.1. The van der Waals surface area contributed by atoms with E-state index in [1.165, 1.54) is 88.8 Å². The normalized spacial score (nSPS) is 27.2. The number of hydrogen-bond donors (Lipinski definition) is 2. The minimum atomic E-state index is -0.460. The lowest BCUT2D eigenvalue weighted by molar-refractivity contribution is 0.0999. The van der Waals surface area contributed by atoms with E-state index in [-0.39, 0.29) is 5.54 Å². The van der Waals surface area contributed by atoms with Crippen molar-refractivity contribution in [3.05, 3.63) is 11.8 Å². The van der Waals surface area contributed by atoms with Gasteiger partial charge in [0, 0.05) is 11.7 Å². The number of hydrogen-bond acceptors (Lipinski definition) is 5. The van der Waals surface area contributed by atoms with Gasteiger partial charge in [0.2, 0.25) is 0 Å². The molecule has 0 spiro atoms. The molecular formula is C21H34N4OS. The molecule has 5 nitrogen and oxygen atoms in total. The molecule has 0 unspecified atom stereocenters. The number of nitrogens with two attached hydrogens (primary N) is 1. The van der Waals surface area contributed by atoms with Crippen LogP contribution in [0.4, 0.5) is 5.82 Å². The number of anilines is 1. The molecule has 0 aliphatic heterocycles. The number of thioether (sulfide) groups is 1. The van der Waals surface area contributed by atoms with Crippen molar-refractivity contribution in [2.75, 3.05) is 11.6 Å². The van der Waals surface area contributed by atoms with Gasteiger partial charge in [0.05, 0.1) is 5.56 Å². The highest BCUT2D eigenvalue weighted by atomic mass is 32.2. The maximum atomic E-state index is 11.9. The van der Waals surface area contributed by atoms with Crippen LogP contribution in [0.15, 0.2) is 11.4 Å². The molecule has 27 heavy (non-hydrogen) atoms. The largest absolute Gasteiger partial charge is 0.365 e. The molecule has 2 bridgehead atoms. The first-order chi connectivity index (χ1) is 13.1. The van der Waals surface area contributed by atoms with Gasteiger partial charge in [-0.25, -0.2) is 9.97 Å². The van der Waals surface area contributed by atoms with Gasteiger partial charge in [0.25, 0.3) is 5.91 Å². The highest BCUT2D eigenvalue weighted by molar-refractivity contribution is 7.98. The van der Waals surface area contributed by atoms with Gasteiger partial charge < -0.3 is 11.1 Å². The first-order valence-electron chi connectivity index (χ1n) is 10.6. The number of fused-ring (bicyclic) bond motifs is 10. The van der Waals surface area contributed by atoms with Crippen LogP contribution in [0.2, 0.25) is 0 Å². The molecule has 4 rings (SSSR count). The number of amides is 1. The first-order valence-corrected chi connectivity index (χ1v) is 11.8. The molecule has 1 aromatic rings. The Morgan fingerprint density at radius 1 is 1.11 bits per heavy atom. The van der Waals surface area contributed by atoms with Gasteiger partial charge in [0.1, 0.15) is 5.82 Å². The van der Waals surface area contributed by atoms with Crippen LogP contribution in [0.3, 0.4) is 0 Å². The van der Waals surface area contributed by atoms with Crippen molar-refractivity contribution >= 4 is 23.5 Å². The van der Waals surface area contributed by atoms with E-state index in [1.807, 2.05) is 6.26 Å².